The summed E-state index contributed by atoms with van der Waals surface area (Å²) in [6, 6.07) is 0. The van der Waals surface area contributed by atoms with Crippen molar-refractivity contribution in [1.29, 1.82) is 0 Å². The summed E-state index contributed by atoms with van der Waals surface area (Å²) in [6.45, 7) is -1.61. The van der Waals surface area contributed by atoms with Crippen LogP contribution in [0.25, 0.3) is 0 Å². The van der Waals surface area contributed by atoms with E-state index >= 15 is 0 Å². The molecule has 0 aromatic carbocycles. The van der Waals surface area contributed by atoms with Gasteiger partial charge in [0.15, 0.2) is 12.6 Å². The van der Waals surface area contributed by atoms with Crippen molar-refractivity contribution in [3.05, 3.63) is 0 Å². The molecule has 2 aliphatic heterocycles. The van der Waals surface area contributed by atoms with Crippen molar-refractivity contribution in [2.45, 2.75) is 61.4 Å². The number of aliphatic hydroxyl groups is 7. The summed E-state index contributed by atoms with van der Waals surface area (Å²) in [4.78, 5) is 18.0. The Morgan fingerprint density at radius 3 is 1.86 bits per heavy atom. The van der Waals surface area contributed by atoms with E-state index in [1.807, 2.05) is 0 Å². The van der Waals surface area contributed by atoms with Gasteiger partial charge in [-0.25, -0.2) is 4.57 Å². The fraction of sp³-hybridized carbons (Fsp3) is 1.00. The average molecular weight is 464 g/mol. The average Bonchev–Trinajstić information content (AvgIpc) is 2.60. The molecule has 164 valence electrons. The zero-order valence-electron chi connectivity index (χ0n) is 16.4. The standard InChI is InChI=1S/C12H23O14P.Ca.2H/c13-1-3-5(15)6(16)10(26-27(20,21)22)12(24-3)25-9-4(2-14)23-11(19)8(18)7(9)17;;;/h3-19H,1-2H2,(H2,20,21,22);;;/q;+2;2*-1/t3-,4-,5+,6+,7-,8-,9-,10-,11-,12+;;;/m1.../s1. The minimum Gasteiger partial charge on any atom is -1.00 e. The van der Waals surface area contributed by atoms with Crippen LogP contribution in [0.5, 0.6) is 0 Å². The van der Waals surface area contributed by atoms with Crippen LogP contribution >= 0.6 is 7.82 Å². The Morgan fingerprint density at radius 2 is 1.36 bits per heavy atom. The van der Waals surface area contributed by atoms with E-state index in [4.69, 9.17) is 24.0 Å². The molecule has 14 nitrogen and oxygen atoms in total. The Kier molecular flexibility index (Phi) is 10.6. The monoisotopic (exact) mass is 464 g/mol. The molecule has 28 heavy (non-hydrogen) atoms. The molecule has 0 aliphatic carbocycles. The number of ether oxygens (including phenoxy) is 3. The molecule has 9 N–H and O–H groups in total. The zero-order valence-corrected chi connectivity index (χ0v) is 17.5. The van der Waals surface area contributed by atoms with Crippen LogP contribution in [-0.4, -0.2) is 158 Å². The van der Waals surface area contributed by atoms with Gasteiger partial charge in [-0.15, -0.1) is 0 Å². The third-order valence-corrected chi connectivity index (χ3v) is 4.73. The Balaban J connectivity index is 0. The van der Waals surface area contributed by atoms with Gasteiger partial charge in [-0.1, -0.05) is 0 Å². The SMILES string of the molecule is O=P(O)(O)O[C@H]1[C@H](O[C@H]2[C@H](O)[C@@H](O)[C@H](O)O[C@@H]2CO)O[C@H](CO)[C@H](O)[C@@H]1O.[Ca+2].[H-].[H-]. The second-order valence-corrected chi connectivity index (χ2v) is 7.29. The van der Waals surface area contributed by atoms with E-state index in [1.165, 1.54) is 0 Å². The molecule has 0 unspecified atom stereocenters. The number of aliphatic hydroxyl groups excluding tert-OH is 7. The minimum absolute atomic E-state index is 0. The van der Waals surface area contributed by atoms with Crippen molar-refractivity contribution in [1.82, 2.24) is 0 Å². The van der Waals surface area contributed by atoms with Crippen LogP contribution < -0.4 is 0 Å². The minimum atomic E-state index is -5.20. The molecule has 2 rings (SSSR count). The molecule has 16 heteroatoms. The van der Waals surface area contributed by atoms with E-state index in [0.717, 1.165) is 0 Å². The first-order valence-electron chi connectivity index (χ1n) is 7.82. The molecule has 0 saturated carbocycles. The van der Waals surface area contributed by atoms with E-state index in [9.17, 15) is 40.3 Å². The molecule has 10 atom stereocenters. The number of hydrogen-bond acceptors (Lipinski definition) is 12. The predicted molar refractivity (Wildman–Crippen MR) is 87.5 cm³/mol. The van der Waals surface area contributed by atoms with Gasteiger partial charge in [-0.3, -0.25) is 4.52 Å². The normalized spacial score (nSPS) is 44.8. The van der Waals surface area contributed by atoms with Gasteiger partial charge in [0.2, 0.25) is 0 Å². The Labute approximate surface area is 191 Å². The molecule has 2 aliphatic rings. The molecule has 0 radical (unpaired) electrons. The fourth-order valence-electron chi connectivity index (χ4n) is 2.83. The molecular formula is C12H25CaO14P. The van der Waals surface area contributed by atoms with Gasteiger partial charge in [0.1, 0.15) is 48.8 Å². The summed E-state index contributed by atoms with van der Waals surface area (Å²) < 4.78 is 30.8. The first-order valence-corrected chi connectivity index (χ1v) is 9.35. The second kappa shape index (κ2) is 11.0. The second-order valence-electron chi connectivity index (χ2n) is 6.10. The van der Waals surface area contributed by atoms with Gasteiger partial charge in [0.05, 0.1) is 13.2 Å². The van der Waals surface area contributed by atoms with Crippen LogP contribution in [0.3, 0.4) is 0 Å². The van der Waals surface area contributed by atoms with E-state index in [1.54, 1.807) is 0 Å². The number of hydrogen-bond donors (Lipinski definition) is 9. The predicted octanol–water partition coefficient (Wildman–Crippen LogP) is -5.44. The summed E-state index contributed by atoms with van der Waals surface area (Å²) in [7, 11) is -5.20. The number of phosphoric acid groups is 1. The molecule has 0 spiro atoms. The van der Waals surface area contributed by atoms with Crippen molar-refractivity contribution in [2.24, 2.45) is 0 Å². The third kappa shape index (κ3) is 6.24. The maximum atomic E-state index is 11.2. The summed E-state index contributed by atoms with van der Waals surface area (Å²) in [6.07, 6.45) is -17.6. The van der Waals surface area contributed by atoms with Gasteiger partial charge in [0.25, 0.3) is 0 Å². The molecule has 2 fully saturated rings. The third-order valence-electron chi connectivity index (χ3n) is 4.21. The molecule has 2 heterocycles. The number of rotatable bonds is 6. The Hall–Kier alpha value is 0.970. The van der Waals surface area contributed by atoms with E-state index < -0.39 is 82.4 Å². The maximum absolute atomic E-state index is 11.2. The van der Waals surface area contributed by atoms with Gasteiger partial charge < -0.3 is 62.6 Å². The molecular weight excluding hydrogens is 439 g/mol. The van der Waals surface area contributed by atoms with Gasteiger partial charge in [-0.05, 0) is 0 Å². The molecule has 0 bridgehead atoms. The smallest absolute Gasteiger partial charge is 1.00 e. The van der Waals surface area contributed by atoms with Crippen molar-refractivity contribution in [3.8, 4) is 0 Å². The van der Waals surface area contributed by atoms with Gasteiger partial charge in [0, 0.05) is 0 Å². The number of phosphoric ester groups is 1. The van der Waals surface area contributed by atoms with Crippen LogP contribution in [0.1, 0.15) is 2.85 Å². The van der Waals surface area contributed by atoms with Crippen LogP contribution in [0.15, 0.2) is 0 Å². The van der Waals surface area contributed by atoms with Gasteiger partial charge >= 0.3 is 45.6 Å². The Morgan fingerprint density at radius 1 is 0.821 bits per heavy atom. The molecule has 0 amide bonds. The van der Waals surface area contributed by atoms with Crippen molar-refractivity contribution < 1.29 is 71.7 Å². The first-order chi connectivity index (χ1) is 12.5. The summed E-state index contributed by atoms with van der Waals surface area (Å²) in [5.74, 6) is 0. The van der Waals surface area contributed by atoms with Crippen molar-refractivity contribution >= 4 is 45.6 Å². The summed E-state index contributed by atoms with van der Waals surface area (Å²) in [5.41, 5.74) is 0. The molecule has 0 aromatic rings. The van der Waals surface area contributed by atoms with Crippen LogP contribution in [0.4, 0.5) is 0 Å². The summed E-state index contributed by atoms with van der Waals surface area (Å²) in [5, 5.41) is 67.7. The quantitative estimate of drug-likeness (QED) is 0.132. The largest absolute Gasteiger partial charge is 2.00 e. The van der Waals surface area contributed by atoms with Crippen LogP contribution in [0.2, 0.25) is 0 Å². The molecule has 2 saturated heterocycles. The van der Waals surface area contributed by atoms with Crippen LogP contribution in [-0.2, 0) is 23.3 Å². The van der Waals surface area contributed by atoms with E-state index in [0.29, 0.717) is 0 Å². The molecule has 0 aromatic heterocycles. The zero-order chi connectivity index (χ0) is 20.5. The van der Waals surface area contributed by atoms with E-state index in [2.05, 4.69) is 4.52 Å². The first kappa shape index (κ1) is 27.0. The fourth-order valence-corrected chi connectivity index (χ4v) is 3.37. The topological polar surface area (TPSA) is 236 Å². The maximum Gasteiger partial charge on any atom is 2.00 e. The van der Waals surface area contributed by atoms with Crippen LogP contribution in [0, 0.1) is 0 Å². The van der Waals surface area contributed by atoms with Crippen molar-refractivity contribution in [2.75, 3.05) is 13.2 Å². The summed E-state index contributed by atoms with van der Waals surface area (Å²) >= 11 is 0. The van der Waals surface area contributed by atoms with E-state index in [-0.39, 0.29) is 40.6 Å². The van der Waals surface area contributed by atoms with Crippen molar-refractivity contribution in [3.63, 3.8) is 0 Å². The van der Waals surface area contributed by atoms with Gasteiger partial charge in [-0.2, -0.15) is 0 Å². The Bertz CT molecular complexity index is 543.